The summed E-state index contributed by atoms with van der Waals surface area (Å²) < 4.78 is 11.3. The predicted molar refractivity (Wildman–Crippen MR) is 97.9 cm³/mol. The molecule has 0 atom stereocenters. The van der Waals surface area contributed by atoms with E-state index in [1.165, 1.54) is 12.2 Å². The second kappa shape index (κ2) is 9.25. The van der Waals surface area contributed by atoms with E-state index in [0.29, 0.717) is 21.9 Å². The Morgan fingerprint density at radius 2 is 2.25 bits per heavy atom. The molecule has 0 fully saturated rings. The largest absolute Gasteiger partial charge is 0.486 e. The van der Waals surface area contributed by atoms with Gasteiger partial charge in [-0.15, -0.1) is 0 Å². The Labute approximate surface area is 153 Å². The van der Waals surface area contributed by atoms with Crippen molar-refractivity contribution in [2.75, 3.05) is 6.61 Å². The van der Waals surface area contributed by atoms with E-state index in [1.807, 2.05) is 18.2 Å². The third kappa shape index (κ3) is 5.51. The second-order valence-corrected chi connectivity index (χ2v) is 5.98. The molecule has 0 radical (unpaired) electrons. The molecule has 0 amide bonds. The molecule has 0 unspecified atom stereocenters. The van der Waals surface area contributed by atoms with Crippen molar-refractivity contribution >= 4 is 39.6 Å². The molecule has 0 spiro atoms. The number of hydrogen-bond acceptors (Lipinski definition) is 4. The van der Waals surface area contributed by atoms with Crippen LogP contribution in [0.2, 0.25) is 5.02 Å². The Hall–Kier alpha value is -2.11. The van der Waals surface area contributed by atoms with E-state index in [9.17, 15) is 4.79 Å². The van der Waals surface area contributed by atoms with Crippen LogP contribution in [0.5, 0.6) is 5.75 Å². The summed E-state index contributed by atoms with van der Waals surface area (Å²) in [6.45, 7) is 4.01. The molecule has 2 rings (SSSR count). The number of benzene rings is 1. The molecule has 24 heavy (non-hydrogen) atoms. The highest BCUT2D eigenvalue weighted by molar-refractivity contribution is 9.10. The molecule has 6 heteroatoms. The molecule has 0 saturated carbocycles. The molecular weight excluding hydrogens is 394 g/mol. The molecule has 4 nitrogen and oxygen atoms in total. The molecule has 124 valence electrons. The van der Waals surface area contributed by atoms with Gasteiger partial charge in [0.1, 0.15) is 13.2 Å². The van der Waals surface area contributed by atoms with Crippen molar-refractivity contribution in [2.24, 2.45) is 0 Å². The Morgan fingerprint density at radius 1 is 1.42 bits per heavy atom. The number of hydrogen-bond donors (Lipinski definition) is 0. The number of aromatic nitrogens is 1. The fraction of sp³-hybridized carbons (Fsp3) is 0.111. The topological polar surface area (TPSA) is 48.4 Å². The van der Waals surface area contributed by atoms with Gasteiger partial charge in [0.25, 0.3) is 0 Å². The molecule has 1 aromatic heterocycles. The summed E-state index contributed by atoms with van der Waals surface area (Å²) in [5, 5.41) is 0.437. The maximum Gasteiger partial charge on any atom is 0.331 e. The standard InChI is InChI=1S/C18H15BrClNO3/c1-2-8-23-17(22)6-5-13-9-15(19)18(16(20)10-13)24-12-14-4-3-7-21-11-14/h2-7,9-11H,1,8,12H2/b6-5+. The monoisotopic (exact) mass is 407 g/mol. The fourth-order valence-electron chi connectivity index (χ4n) is 1.81. The zero-order chi connectivity index (χ0) is 17.4. The van der Waals surface area contributed by atoms with Crippen LogP contribution in [-0.4, -0.2) is 17.6 Å². The van der Waals surface area contributed by atoms with E-state index in [1.54, 1.807) is 24.5 Å². The van der Waals surface area contributed by atoms with Gasteiger partial charge >= 0.3 is 5.97 Å². The maximum absolute atomic E-state index is 11.4. The minimum Gasteiger partial charge on any atom is -0.486 e. The van der Waals surface area contributed by atoms with Crippen LogP contribution in [0, 0.1) is 0 Å². The first-order chi connectivity index (χ1) is 11.6. The Kier molecular flexibility index (Phi) is 7.03. The number of halogens is 2. The van der Waals surface area contributed by atoms with Crippen molar-refractivity contribution in [1.82, 2.24) is 4.98 Å². The van der Waals surface area contributed by atoms with Crippen molar-refractivity contribution < 1.29 is 14.3 Å². The van der Waals surface area contributed by atoms with Gasteiger partial charge in [-0.25, -0.2) is 4.79 Å². The molecule has 0 bridgehead atoms. The SMILES string of the molecule is C=CCOC(=O)/C=C/c1cc(Cl)c(OCc2cccnc2)c(Br)c1. The van der Waals surface area contributed by atoms with Gasteiger partial charge in [-0.2, -0.15) is 0 Å². The quantitative estimate of drug-likeness (QED) is 0.374. The van der Waals surface area contributed by atoms with Crippen LogP contribution >= 0.6 is 27.5 Å². The zero-order valence-electron chi connectivity index (χ0n) is 12.7. The van der Waals surface area contributed by atoms with Crippen LogP contribution in [0.4, 0.5) is 0 Å². The lowest BCUT2D eigenvalue weighted by Crippen LogP contribution is -1.99. The smallest absolute Gasteiger partial charge is 0.331 e. The van der Waals surface area contributed by atoms with E-state index in [2.05, 4.69) is 27.5 Å². The molecule has 2 aromatic rings. The Morgan fingerprint density at radius 3 is 2.92 bits per heavy atom. The van der Waals surface area contributed by atoms with Gasteiger partial charge in [0.15, 0.2) is 5.75 Å². The van der Waals surface area contributed by atoms with Crippen LogP contribution in [-0.2, 0) is 16.1 Å². The van der Waals surface area contributed by atoms with Gasteiger partial charge < -0.3 is 9.47 Å². The van der Waals surface area contributed by atoms with Crippen molar-refractivity contribution in [1.29, 1.82) is 0 Å². The third-order valence-corrected chi connectivity index (χ3v) is 3.75. The first kappa shape index (κ1) is 18.2. The predicted octanol–water partition coefficient (Wildman–Crippen LogP) is 4.82. The van der Waals surface area contributed by atoms with Crippen molar-refractivity contribution in [3.63, 3.8) is 0 Å². The van der Waals surface area contributed by atoms with Crippen molar-refractivity contribution in [2.45, 2.75) is 6.61 Å². The van der Waals surface area contributed by atoms with Crippen LogP contribution in [0.25, 0.3) is 6.08 Å². The molecular formula is C18H15BrClNO3. The van der Waals surface area contributed by atoms with E-state index >= 15 is 0 Å². The average Bonchev–Trinajstić information content (AvgIpc) is 2.58. The summed E-state index contributed by atoms with van der Waals surface area (Å²) in [7, 11) is 0. The molecule has 0 saturated heterocycles. The summed E-state index contributed by atoms with van der Waals surface area (Å²) in [6, 6.07) is 7.28. The van der Waals surface area contributed by atoms with Crippen LogP contribution in [0.1, 0.15) is 11.1 Å². The molecule has 0 aliphatic heterocycles. The van der Waals surface area contributed by atoms with Gasteiger partial charge in [0.05, 0.1) is 9.50 Å². The van der Waals surface area contributed by atoms with E-state index in [4.69, 9.17) is 21.1 Å². The lowest BCUT2D eigenvalue weighted by Gasteiger charge is -2.11. The number of ether oxygens (including phenoxy) is 2. The number of pyridine rings is 1. The Bertz CT molecular complexity index is 724. The highest BCUT2D eigenvalue weighted by Crippen LogP contribution is 2.35. The summed E-state index contributed by atoms with van der Waals surface area (Å²) in [4.78, 5) is 15.5. The summed E-state index contributed by atoms with van der Waals surface area (Å²) in [5.74, 6) is 0.0888. The number of rotatable bonds is 7. The minimum atomic E-state index is -0.445. The molecule has 1 aromatic carbocycles. The highest BCUT2D eigenvalue weighted by atomic mass is 79.9. The molecule has 0 N–H and O–H groups in total. The second-order valence-electron chi connectivity index (χ2n) is 4.72. The summed E-state index contributed by atoms with van der Waals surface area (Å²) >= 11 is 9.70. The fourth-order valence-corrected chi connectivity index (χ4v) is 2.79. The van der Waals surface area contributed by atoms with E-state index in [-0.39, 0.29) is 6.61 Å². The third-order valence-electron chi connectivity index (χ3n) is 2.88. The average molecular weight is 409 g/mol. The van der Waals surface area contributed by atoms with Crippen molar-refractivity contribution in [3.8, 4) is 5.75 Å². The van der Waals surface area contributed by atoms with Crippen LogP contribution < -0.4 is 4.74 Å². The highest BCUT2D eigenvalue weighted by Gasteiger charge is 2.09. The first-order valence-corrected chi connectivity index (χ1v) is 8.23. The molecule has 0 aliphatic rings. The number of carbonyl (C=O) groups excluding carboxylic acids is 1. The van der Waals surface area contributed by atoms with E-state index < -0.39 is 5.97 Å². The lowest BCUT2D eigenvalue weighted by molar-refractivity contribution is -0.136. The summed E-state index contributed by atoms with van der Waals surface area (Å²) in [5.41, 5.74) is 1.69. The van der Waals surface area contributed by atoms with Gasteiger partial charge in [0.2, 0.25) is 0 Å². The Balaban J connectivity index is 2.06. The summed E-state index contributed by atoms with van der Waals surface area (Å²) in [6.07, 6.45) is 7.89. The van der Waals surface area contributed by atoms with Gasteiger partial charge in [-0.3, -0.25) is 4.98 Å². The van der Waals surface area contributed by atoms with Crippen LogP contribution in [0.3, 0.4) is 0 Å². The lowest BCUT2D eigenvalue weighted by atomic mass is 10.2. The van der Waals surface area contributed by atoms with Gasteiger partial charge in [0, 0.05) is 24.0 Å². The molecule has 0 aliphatic carbocycles. The molecule has 1 heterocycles. The number of esters is 1. The first-order valence-electron chi connectivity index (χ1n) is 7.06. The minimum absolute atomic E-state index is 0.175. The van der Waals surface area contributed by atoms with Gasteiger partial charge in [-0.05, 0) is 45.8 Å². The number of nitrogens with zero attached hydrogens (tertiary/aromatic N) is 1. The van der Waals surface area contributed by atoms with E-state index in [0.717, 1.165) is 11.1 Å². The van der Waals surface area contributed by atoms with Crippen molar-refractivity contribution in [3.05, 3.63) is 76.0 Å². The maximum atomic E-state index is 11.4. The number of carbonyl (C=O) groups is 1. The van der Waals surface area contributed by atoms with Crippen LogP contribution in [0.15, 0.2) is 59.9 Å². The zero-order valence-corrected chi connectivity index (χ0v) is 15.1. The van der Waals surface area contributed by atoms with Gasteiger partial charge in [-0.1, -0.05) is 30.3 Å². The normalized spacial score (nSPS) is 10.6.